The number of hydrogen-bond acceptors (Lipinski definition) is 4. The molecule has 382 valence electrons. The van der Waals surface area contributed by atoms with Crippen molar-refractivity contribution >= 4 is 21.9 Å². The minimum atomic E-state index is -0.179. The Morgan fingerprint density at radius 1 is 0.547 bits per heavy atom. The second-order valence-electron chi connectivity index (χ2n) is 23.1. The summed E-state index contributed by atoms with van der Waals surface area (Å²) < 4.78 is 23.0. The van der Waals surface area contributed by atoms with Gasteiger partial charge in [-0.2, -0.15) is 0 Å². The molecule has 75 heavy (non-hydrogen) atoms. The van der Waals surface area contributed by atoms with Gasteiger partial charge in [-0.1, -0.05) is 139 Å². The maximum atomic E-state index is 16.2. The molecule has 0 spiro atoms. The molecule has 9 aromatic rings. The van der Waals surface area contributed by atoms with Gasteiger partial charge < -0.3 is 19.4 Å². The number of fused-ring (bicyclic) bond motifs is 4. The van der Waals surface area contributed by atoms with E-state index in [9.17, 15) is 0 Å². The van der Waals surface area contributed by atoms with Gasteiger partial charge in [-0.3, -0.25) is 0 Å². The van der Waals surface area contributed by atoms with E-state index in [2.05, 4.69) is 151 Å². The molecule has 3 atom stereocenters. The van der Waals surface area contributed by atoms with Crippen molar-refractivity contribution in [2.45, 2.75) is 141 Å². The van der Waals surface area contributed by atoms with E-state index in [-0.39, 0.29) is 48.1 Å². The predicted molar refractivity (Wildman–Crippen MR) is 301 cm³/mol. The van der Waals surface area contributed by atoms with Gasteiger partial charge in [-0.15, -0.1) is 90.0 Å². The second kappa shape index (κ2) is 21.9. The molecule has 11 rings (SSSR count). The molecular weight excluding hydrogens is 1100 g/mol. The summed E-state index contributed by atoms with van der Waals surface area (Å²) in [5, 5.41) is 1.98. The summed E-state index contributed by atoms with van der Waals surface area (Å²) >= 11 is 0. The van der Waals surface area contributed by atoms with Crippen LogP contribution < -0.4 is 0 Å². The fourth-order valence-electron chi connectivity index (χ4n) is 13.3. The molecular formula is C69H69FIrN3O. The number of halogens is 1. The fourth-order valence-corrected chi connectivity index (χ4v) is 13.3. The maximum absolute atomic E-state index is 16.2. The molecule has 2 fully saturated rings. The van der Waals surface area contributed by atoms with Crippen molar-refractivity contribution in [3.8, 4) is 33.8 Å². The van der Waals surface area contributed by atoms with Gasteiger partial charge in [0.05, 0.1) is 5.58 Å². The molecule has 0 saturated heterocycles. The van der Waals surface area contributed by atoms with Gasteiger partial charge in [0.1, 0.15) is 11.4 Å². The van der Waals surface area contributed by atoms with Crippen LogP contribution in [0.5, 0.6) is 0 Å². The zero-order valence-electron chi connectivity index (χ0n) is 44.5. The smallest absolute Gasteiger partial charge is 0.500 e. The first-order valence-corrected chi connectivity index (χ1v) is 27.4. The van der Waals surface area contributed by atoms with Crippen LogP contribution >= 0.6 is 0 Å². The molecule has 2 saturated carbocycles. The first-order chi connectivity index (χ1) is 35.9. The largest absolute Gasteiger partial charge is 3.00 e. The topological polar surface area (TPSA) is 51.8 Å². The number of pyridine rings is 3. The Balaban J connectivity index is 0.00000641. The van der Waals surface area contributed by atoms with Crippen molar-refractivity contribution in [2.75, 3.05) is 0 Å². The minimum Gasteiger partial charge on any atom is -0.500 e. The van der Waals surface area contributed by atoms with Crippen molar-refractivity contribution in [2.24, 2.45) is 11.8 Å². The Bertz CT molecular complexity index is 3260. The summed E-state index contributed by atoms with van der Waals surface area (Å²) in [5.41, 5.74) is 14.8. The number of rotatable bonds is 15. The zero-order chi connectivity index (χ0) is 51.0. The standard InChI is InChI=1S/C69H69FN3O.Ir/c1-7-69(8-2,54-31-36-63(73-45-54)59-28-18-27-57-58-32-33-60(70)64(66(58)74-65(57)59)56-26-17-24-49-19-15-16-25-55(49)56)42-48-38-46(40-67(3,4)52-29-34-61(71-43-52)50-20-11-9-12-21-50)37-47(39-48)41-68(5,6)53-30-35-62(72-44-53)51-22-13-10-14-23-51;/h9-14,18,20,22,27,29-39,43-45,49,55-56H,7-8,15-17,19,24-26,40-42H2,1-6H3;/q-3;+3. The van der Waals surface area contributed by atoms with Crippen molar-refractivity contribution in [1.82, 2.24) is 15.0 Å². The minimum absolute atomic E-state index is 0. The molecule has 0 N–H and O–H groups in total. The van der Waals surface area contributed by atoms with E-state index < -0.39 is 0 Å². The molecule has 5 aromatic carbocycles. The normalized spacial score (nSPS) is 17.2. The average Bonchev–Trinajstić information content (AvgIpc) is 3.84. The fraction of sp³-hybridized carbons (Fsp3) is 0.348. The summed E-state index contributed by atoms with van der Waals surface area (Å²) in [7, 11) is 0. The van der Waals surface area contributed by atoms with Gasteiger partial charge in [0, 0.05) is 35.0 Å². The molecule has 4 aromatic heterocycles. The summed E-state index contributed by atoms with van der Waals surface area (Å²) in [5.74, 6) is 1.28. The molecule has 0 bridgehead atoms. The van der Waals surface area contributed by atoms with Crippen molar-refractivity contribution < 1.29 is 28.9 Å². The first kappa shape index (κ1) is 52.4. The van der Waals surface area contributed by atoms with Crippen LogP contribution in [-0.4, -0.2) is 15.0 Å². The third-order valence-corrected chi connectivity index (χ3v) is 17.5. The van der Waals surface area contributed by atoms with Gasteiger partial charge >= 0.3 is 20.1 Å². The van der Waals surface area contributed by atoms with E-state index in [1.165, 1.54) is 65.5 Å². The zero-order valence-corrected chi connectivity index (χ0v) is 46.9. The van der Waals surface area contributed by atoms with Crippen LogP contribution in [0, 0.1) is 35.9 Å². The molecule has 2 aliphatic rings. The molecule has 2 aliphatic carbocycles. The molecule has 0 radical (unpaired) electrons. The monoisotopic (exact) mass is 1170 g/mol. The Labute approximate surface area is 458 Å². The van der Waals surface area contributed by atoms with E-state index in [1.807, 2.05) is 48.5 Å². The number of nitrogens with zero attached hydrogens (tertiary/aromatic N) is 3. The van der Waals surface area contributed by atoms with Crippen molar-refractivity contribution in [1.29, 1.82) is 0 Å². The van der Waals surface area contributed by atoms with Gasteiger partial charge in [0.25, 0.3) is 0 Å². The van der Waals surface area contributed by atoms with E-state index in [0.29, 0.717) is 17.4 Å². The van der Waals surface area contributed by atoms with E-state index >= 15 is 4.39 Å². The second-order valence-corrected chi connectivity index (χ2v) is 23.1. The third-order valence-electron chi connectivity index (χ3n) is 17.5. The van der Waals surface area contributed by atoms with Crippen LogP contribution in [0.3, 0.4) is 0 Å². The summed E-state index contributed by atoms with van der Waals surface area (Å²) in [6.45, 7) is 14.0. The van der Waals surface area contributed by atoms with E-state index in [0.717, 1.165) is 101 Å². The third kappa shape index (κ3) is 10.6. The Morgan fingerprint density at radius 3 is 1.65 bits per heavy atom. The van der Waals surface area contributed by atoms with Crippen LogP contribution in [0.4, 0.5) is 4.39 Å². The Hall–Kier alpha value is -6.07. The predicted octanol–water partition coefficient (Wildman–Crippen LogP) is 17.7. The van der Waals surface area contributed by atoms with Crippen LogP contribution in [-0.2, 0) is 55.6 Å². The van der Waals surface area contributed by atoms with E-state index in [1.54, 1.807) is 6.07 Å². The Kier molecular flexibility index (Phi) is 15.3. The Morgan fingerprint density at radius 2 is 1.09 bits per heavy atom. The summed E-state index contributed by atoms with van der Waals surface area (Å²) in [4.78, 5) is 15.1. The molecule has 3 unspecified atom stereocenters. The quantitative estimate of drug-likeness (QED) is 0.0960. The number of furan rings is 1. The van der Waals surface area contributed by atoms with Gasteiger partial charge in [0.15, 0.2) is 0 Å². The van der Waals surface area contributed by atoms with Gasteiger partial charge in [-0.05, 0) is 136 Å². The van der Waals surface area contributed by atoms with Crippen LogP contribution in [0.2, 0.25) is 0 Å². The number of aromatic nitrogens is 3. The van der Waals surface area contributed by atoms with Crippen LogP contribution in [0.1, 0.15) is 144 Å². The summed E-state index contributed by atoms with van der Waals surface area (Å²) in [6.07, 6.45) is 19.1. The molecule has 6 heteroatoms. The van der Waals surface area contributed by atoms with Crippen molar-refractivity contribution in [3.05, 3.63) is 209 Å². The average molecular weight is 1170 g/mol. The molecule has 4 nitrogen and oxygen atoms in total. The first-order valence-electron chi connectivity index (χ1n) is 27.4. The number of hydrogen-bond donors (Lipinski definition) is 0. The number of benzene rings is 5. The molecule has 0 amide bonds. The van der Waals surface area contributed by atoms with E-state index in [4.69, 9.17) is 19.4 Å². The van der Waals surface area contributed by atoms with Crippen LogP contribution in [0.15, 0.2) is 150 Å². The maximum Gasteiger partial charge on any atom is 3.00 e. The van der Waals surface area contributed by atoms with Gasteiger partial charge in [0.2, 0.25) is 0 Å². The SMILES string of the molecule is CCC(CC)(Cc1cc(CC(C)(C)c2ccc(-c3[c-]cccc3)nc2)cc(CC(C)(C)c2ccc(-c3[c-]cccc3)nc2)c1)c1ccc(-c2[c-]ccc3c2oc2c(C4CCCC5CCCCC54)c(F)ccc23)nc1.[Ir+3]. The van der Waals surface area contributed by atoms with Crippen LogP contribution in [0.25, 0.3) is 55.7 Å². The molecule has 0 aliphatic heterocycles. The van der Waals surface area contributed by atoms with Crippen molar-refractivity contribution in [3.63, 3.8) is 0 Å². The van der Waals surface area contributed by atoms with Gasteiger partial charge in [-0.25, -0.2) is 4.39 Å². The summed E-state index contributed by atoms with van der Waals surface area (Å²) in [6, 6.07) is 54.4. The molecule has 4 heterocycles.